The Kier molecular flexibility index (Phi) is 4.46. The SMILES string of the molecule is COc1c(C)cc(C(O)C(C)c2ccccc2)cc1C. The van der Waals surface area contributed by atoms with Crippen LogP contribution in [0.25, 0.3) is 0 Å². The van der Waals surface area contributed by atoms with Crippen LogP contribution < -0.4 is 4.74 Å². The molecule has 2 atom stereocenters. The van der Waals surface area contributed by atoms with Gasteiger partial charge in [-0.15, -0.1) is 0 Å². The maximum atomic E-state index is 10.6. The van der Waals surface area contributed by atoms with E-state index in [0.29, 0.717) is 0 Å². The van der Waals surface area contributed by atoms with Crippen LogP contribution >= 0.6 is 0 Å². The van der Waals surface area contributed by atoms with E-state index in [1.807, 2.05) is 44.2 Å². The molecule has 0 spiro atoms. The van der Waals surface area contributed by atoms with Crippen molar-refractivity contribution >= 4 is 0 Å². The van der Waals surface area contributed by atoms with Crippen molar-refractivity contribution in [1.82, 2.24) is 0 Å². The number of aryl methyl sites for hydroxylation is 2. The quantitative estimate of drug-likeness (QED) is 0.904. The molecular formula is C18H22O2. The Hall–Kier alpha value is -1.80. The number of ether oxygens (including phenoxy) is 1. The Bertz CT molecular complexity index is 552. The normalized spacial score (nSPS) is 13.8. The van der Waals surface area contributed by atoms with Gasteiger partial charge in [0.25, 0.3) is 0 Å². The largest absolute Gasteiger partial charge is 0.496 e. The van der Waals surface area contributed by atoms with Crippen molar-refractivity contribution in [2.75, 3.05) is 7.11 Å². The highest BCUT2D eigenvalue weighted by Crippen LogP contribution is 2.34. The highest BCUT2D eigenvalue weighted by Gasteiger charge is 2.19. The maximum absolute atomic E-state index is 10.6. The van der Waals surface area contributed by atoms with Crippen LogP contribution in [-0.2, 0) is 0 Å². The summed E-state index contributed by atoms with van der Waals surface area (Å²) in [6.07, 6.45) is -0.513. The van der Waals surface area contributed by atoms with Gasteiger partial charge in [-0.25, -0.2) is 0 Å². The van der Waals surface area contributed by atoms with Crippen LogP contribution in [-0.4, -0.2) is 12.2 Å². The standard InChI is InChI=1S/C18H22O2/c1-12-10-16(11-13(2)18(12)20-4)17(19)14(3)15-8-6-5-7-9-15/h5-11,14,17,19H,1-4H3. The van der Waals surface area contributed by atoms with Crippen LogP contribution in [0.1, 0.15) is 41.2 Å². The average molecular weight is 270 g/mol. The predicted octanol–water partition coefficient (Wildman–Crippen LogP) is 4.15. The molecule has 0 fully saturated rings. The molecule has 2 heteroatoms. The summed E-state index contributed by atoms with van der Waals surface area (Å²) >= 11 is 0. The Balaban J connectivity index is 2.32. The lowest BCUT2D eigenvalue weighted by Crippen LogP contribution is -2.08. The van der Waals surface area contributed by atoms with Gasteiger partial charge in [0.05, 0.1) is 13.2 Å². The van der Waals surface area contributed by atoms with E-state index in [2.05, 4.69) is 19.1 Å². The molecule has 0 amide bonds. The number of methoxy groups -OCH3 is 1. The van der Waals surface area contributed by atoms with E-state index < -0.39 is 6.10 Å². The second kappa shape index (κ2) is 6.10. The molecule has 0 bridgehead atoms. The third kappa shape index (κ3) is 2.86. The monoisotopic (exact) mass is 270 g/mol. The van der Waals surface area contributed by atoms with Crippen molar-refractivity contribution in [3.05, 3.63) is 64.7 Å². The Labute approximate surface area is 121 Å². The summed E-state index contributed by atoms with van der Waals surface area (Å²) in [7, 11) is 1.68. The van der Waals surface area contributed by atoms with Gasteiger partial charge >= 0.3 is 0 Å². The maximum Gasteiger partial charge on any atom is 0.124 e. The second-order valence-electron chi connectivity index (χ2n) is 5.33. The Morgan fingerprint density at radius 2 is 1.50 bits per heavy atom. The molecule has 0 aliphatic rings. The molecule has 0 saturated heterocycles. The number of aliphatic hydroxyl groups is 1. The van der Waals surface area contributed by atoms with Crippen molar-refractivity contribution < 1.29 is 9.84 Å². The molecule has 0 aliphatic carbocycles. The first-order valence-electron chi connectivity index (χ1n) is 6.92. The third-order valence-corrected chi connectivity index (χ3v) is 3.83. The zero-order valence-corrected chi connectivity index (χ0v) is 12.6. The zero-order valence-electron chi connectivity index (χ0n) is 12.6. The average Bonchev–Trinajstić information content (AvgIpc) is 2.46. The topological polar surface area (TPSA) is 29.5 Å². The molecule has 1 N–H and O–H groups in total. The molecule has 0 aliphatic heterocycles. The van der Waals surface area contributed by atoms with Crippen molar-refractivity contribution in [2.45, 2.75) is 32.8 Å². The van der Waals surface area contributed by atoms with E-state index in [4.69, 9.17) is 4.74 Å². The molecular weight excluding hydrogens is 248 g/mol. The fraction of sp³-hybridized carbons (Fsp3) is 0.333. The van der Waals surface area contributed by atoms with Gasteiger partial charge in [0.15, 0.2) is 0 Å². The highest BCUT2D eigenvalue weighted by molar-refractivity contribution is 5.44. The fourth-order valence-electron chi connectivity index (χ4n) is 2.70. The lowest BCUT2D eigenvalue weighted by Gasteiger charge is -2.21. The van der Waals surface area contributed by atoms with Gasteiger partial charge in [0.1, 0.15) is 5.75 Å². The summed E-state index contributed by atoms with van der Waals surface area (Å²) in [5, 5.41) is 10.6. The number of rotatable bonds is 4. The first kappa shape index (κ1) is 14.6. The number of hydrogen-bond acceptors (Lipinski definition) is 2. The molecule has 0 aromatic heterocycles. The lowest BCUT2D eigenvalue weighted by molar-refractivity contribution is 0.151. The minimum atomic E-state index is -0.513. The molecule has 2 unspecified atom stereocenters. The third-order valence-electron chi connectivity index (χ3n) is 3.83. The van der Waals surface area contributed by atoms with Gasteiger partial charge in [0.2, 0.25) is 0 Å². The number of aliphatic hydroxyl groups excluding tert-OH is 1. The van der Waals surface area contributed by atoms with Crippen molar-refractivity contribution in [2.24, 2.45) is 0 Å². The van der Waals surface area contributed by atoms with E-state index >= 15 is 0 Å². The number of hydrogen-bond donors (Lipinski definition) is 1. The molecule has 2 rings (SSSR count). The van der Waals surface area contributed by atoms with Gasteiger partial charge in [-0.2, -0.15) is 0 Å². The first-order chi connectivity index (χ1) is 9.54. The summed E-state index contributed by atoms with van der Waals surface area (Å²) in [5.74, 6) is 0.955. The highest BCUT2D eigenvalue weighted by atomic mass is 16.5. The van der Waals surface area contributed by atoms with Crippen LogP contribution in [0.15, 0.2) is 42.5 Å². The van der Waals surface area contributed by atoms with Crippen molar-refractivity contribution in [3.8, 4) is 5.75 Å². The van der Waals surface area contributed by atoms with E-state index in [9.17, 15) is 5.11 Å². The van der Waals surface area contributed by atoms with E-state index in [0.717, 1.165) is 28.0 Å². The van der Waals surface area contributed by atoms with Gasteiger partial charge in [0, 0.05) is 5.92 Å². The van der Waals surface area contributed by atoms with Gasteiger partial charge in [-0.05, 0) is 48.2 Å². The Morgan fingerprint density at radius 3 is 2.00 bits per heavy atom. The van der Waals surface area contributed by atoms with E-state index in [1.54, 1.807) is 7.11 Å². The van der Waals surface area contributed by atoms with Crippen LogP contribution in [0.4, 0.5) is 0 Å². The van der Waals surface area contributed by atoms with Crippen LogP contribution in [0, 0.1) is 13.8 Å². The predicted molar refractivity (Wildman–Crippen MR) is 82.3 cm³/mol. The minimum Gasteiger partial charge on any atom is -0.496 e. The molecule has 0 heterocycles. The molecule has 2 nitrogen and oxygen atoms in total. The smallest absolute Gasteiger partial charge is 0.124 e. The van der Waals surface area contributed by atoms with Crippen LogP contribution in [0.2, 0.25) is 0 Å². The molecule has 2 aromatic carbocycles. The zero-order chi connectivity index (χ0) is 14.7. The Morgan fingerprint density at radius 1 is 0.950 bits per heavy atom. The fourth-order valence-corrected chi connectivity index (χ4v) is 2.70. The number of benzene rings is 2. The summed E-state index contributed by atoms with van der Waals surface area (Å²) < 4.78 is 5.37. The van der Waals surface area contributed by atoms with E-state index in [-0.39, 0.29) is 5.92 Å². The van der Waals surface area contributed by atoms with Gasteiger partial charge in [-0.3, -0.25) is 0 Å². The van der Waals surface area contributed by atoms with E-state index in [1.165, 1.54) is 0 Å². The van der Waals surface area contributed by atoms with Crippen LogP contribution in [0.3, 0.4) is 0 Å². The molecule has 2 aromatic rings. The lowest BCUT2D eigenvalue weighted by atomic mass is 9.89. The molecule has 0 radical (unpaired) electrons. The van der Waals surface area contributed by atoms with Gasteiger partial charge in [-0.1, -0.05) is 37.3 Å². The first-order valence-corrected chi connectivity index (χ1v) is 6.92. The summed E-state index contributed by atoms with van der Waals surface area (Å²) in [6, 6.07) is 14.1. The summed E-state index contributed by atoms with van der Waals surface area (Å²) in [5.41, 5.74) is 4.20. The second-order valence-corrected chi connectivity index (χ2v) is 5.33. The minimum absolute atomic E-state index is 0.0587. The van der Waals surface area contributed by atoms with Gasteiger partial charge < -0.3 is 9.84 Å². The summed E-state index contributed by atoms with van der Waals surface area (Å²) in [4.78, 5) is 0. The van der Waals surface area contributed by atoms with Crippen LogP contribution in [0.5, 0.6) is 5.75 Å². The summed E-state index contributed by atoms with van der Waals surface area (Å²) in [6.45, 7) is 6.07. The molecule has 106 valence electrons. The molecule has 0 saturated carbocycles. The molecule has 20 heavy (non-hydrogen) atoms. The van der Waals surface area contributed by atoms with Crippen molar-refractivity contribution in [3.63, 3.8) is 0 Å². The van der Waals surface area contributed by atoms with Crippen molar-refractivity contribution in [1.29, 1.82) is 0 Å².